The second-order valence-corrected chi connectivity index (χ2v) is 9.64. The van der Waals surface area contributed by atoms with E-state index in [9.17, 15) is 4.79 Å². The molecule has 0 saturated carbocycles. The molecule has 7 heteroatoms. The van der Waals surface area contributed by atoms with Crippen LogP contribution in [0, 0.1) is 0 Å². The minimum Gasteiger partial charge on any atom is -0.497 e. The highest BCUT2D eigenvalue weighted by molar-refractivity contribution is 5.82. The number of methoxy groups -OCH3 is 1. The maximum absolute atomic E-state index is 13.2. The standard InChI is InChI=1S/C27H35N5O2/c1-30-16-4-3-10-24(30)27(33)31-17-13-21(14-18-31)32-25(29-23-9-6-15-28-26(23)32)12-11-20-7-5-8-22(19-20)34-2/h5-9,15,19,21,24H,3-4,10-14,16-18H2,1-2H3/t24-/m1/s1. The lowest BCUT2D eigenvalue weighted by Crippen LogP contribution is -2.51. The average molecular weight is 462 g/mol. The van der Waals surface area contributed by atoms with Gasteiger partial charge in [0.2, 0.25) is 5.91 Å². The van der Waals surface area contributed by atoms with E-state index in [-0.39, 0.29) is 6.04 Å². The van der Waals surface area contributed by atoms with E-state index in [0.29, 0.717) is 11.9 Å². The fourth-order valence-electron chi connectivity index (χ4n) is 5.56. The molecule has 7 nitrogen and oxygen atoms in total. The molecule has 1 atom stereocenters. The van der Waals surface area contributed by atoms with Crippen LogP contribution in [0.3, 0.4) is 0 Å². The van der Waals surface area contributed by atoms with Crippen molar-refractivity contribution in [2.75, 3.05) is 33.8 Å². The van der Waals surface area contributed by atoms with Gasteiger partial charge in [-0.1, -0.05) is 18.6 Å². The van der Waals surface area contributed by atoms with Gasteiger partial charge in [-0.3, -0.25) is 9.69 Å². The van der Waals surface area contributed by atoms with E-state index in [2.05, 4.69) is 33.5 Å². The van der Waals surface area contributed by atoms with Crippen LogP contribution in [0.25, 0.3) is 11.2 Å². The van der Waals surface area contributed by atoms with E-state index in [0.717, 1.165) is 80.9 Å². The summed E-state index contributed by atoms with van der Waals surface area (Å²) in [4.78, 5) is 27.2. The van der Waals surface area contributed by atoms with Crippen molar-refractivity contribution in [2.24, 2.45) is 0 Å². The Morgan fingerprint density at radius 3 is 2.71 bits per heavy atom. The van der Waals surface area contributed by atoms with Gasteiger partial charge < -0.3 is 14.2 Å². The number of hydrogen-bond acceptors (Lipinski definition) is 5. The zero-order chi connectivity index (χ0) is 23.5. The zero-order valence-corrected chi connectivity index (χ0v) is 20.3. The molecule has 2 saturated heterocycles. The quantitative estimate of drug-likeness (QED) is 0.558. The third-order valence-electron chi connectivity index (χ3n) is 7.49. The first kappa shape index (κ1) is 22.8. The summed E-state index contributed by atoms with van der Waals surface area (Å²) in [5.41, 5.74) is 3.15. The minimum absolute atomic E-state index is 0.0551. The van der Waals surface area contributed by atoms with Crippen molar-refractivity contribution >= 4 is 17.1 Å². The molecule has 0 unspecified atom stereocenters. The van der Waals surface area contributed by atoms with Crippen LogP contribution in [0.1, 0.15) is 49.5 Å². The van der Waals surface area contributed by atoms with Crippen LogP contribution >= 0.6 is 0 Å². The molecule has 4 heterocycles. The highest BCUT2D eigenvalue weighted by atomic mass is 16.5. The normalized spacial score (nSPS) is 20.1. The summed E-state index contributed by atoms with van der Waals surface area (Å²) >= 11 is 0. The number of pyridine rings is 1. The number of carbonyl (C=O) groups is 1. The Labute approximate surface area is 201 Å². The number of nitrogens with zero attached hydrogens (tertiary/aromatic N) is 5. The molecular weight excluding hydrogens is 426 g/mol. The Morgan fingerprint density at radius 2 is 1.91 bits per heavy atom. The predicted molar refractivity (Wildman–Crippen MR) is 133 cm³/mol. The van der Waals surface area contributed by atoms with Crippen molar-refractivity contribution in [1.82, 2.24) is 24.3 Å². The molecule has 2 aliphatic rings. The van der Waals surface area contributed by atoms with Gasteiger partial charge >= 0.3 is 0 Å². The largest absolute Gasteiger partial charge is 0.497 e. The first-order valence-electron chi connectivity index (χ1n) is 12.6. The van der Waals surface area contributed by atoms with Crippen LogP contribution in [0.4, 0.5) is 0 Å². The third kappa shape index (κ3) is 4.67. The van der Waals surface area contributed by atoms with Gasteiger partial charge in [-0.05, 0) is 75.5 Å². The van der Waals surface area contributed by atoms with E-state index < -0.39 is 0 Å². The van der Waals surface area contributed by atoms with Crippen molar-refractivity contribution in [2.45, 2.75) is 57.0 Å². The molecule has 0 radical (unpaired) electrons. The zero-order valence-electron chi connectivity index (χ0n) is 20.3. The minimum atomic E-state index is 0.0551. The molecule has 2 fully saturated rings. The Kier molecular flexibility index (Phi) is 6.81. The van der Waals surface area contributed by atoms with Gasteiger partial charge in [0.1, 0.15) is 17.1 Å². The van der Waals surface area contributed by atoms with Crippen LogP contribution in [-0.2, 0) is 17.6 Å². The number of benzene rings is 1. The molecule has 3 aromatic rings. The number of aryl methyl sites for hydroxylation is 2. The number of likely N-dealkylation sites (N-methyl/N-ethyl adjacent to an activating group) is 1. The summed E-state index contributed by atoms with van der Waals surface area (Å²) in [6, 6.07) is 12.6. The van der Waals surface area contributed by atoms with Crippen LogP contribution in [0.15, 0.2) is 42.6 Å². The Morgan fingerprint density at radius 1 is 1.06 bits per heavy atom. The number of ether oxygens (including phenoxy) is 1. The van der Waals surface area contributed by atoms with Crippen molar-refractivity contribution < 1.29 is 9.53 Å². The number of piperidine rings is 2. The van der Waals surface area contributed by atoms with Crippen LogP contribution < -0.4 is 4.74 Å². The summed E-state index contributed by atoms with van der Waals surface area (Å²) in [6.45, 7) is 2.63. The summed E-state index contributed by atoms with van der Waals surface area (Å²) in [5.74, 6) is 2.27. The third-order valence-corrected chi connectivity index (χ3v) is 7.49. The smallest absolute Gasteiger partial charge is 0.239 e. The summed E-state index contributed by atoms with van der Waals surface area (Å²) in [5, 5.41) is 0. The SMILES string of the molecule is COc1cccc(CCc2nc3cccnc3n2C2CCN(C(=O)[C@H]3CCCCN3C)CC2)c1. The maximum Gasteiger partial charge on any atom is 0.239 e. The first-order chi connectivity index (χ1) is 16.6. The fraction of sp³-hybridized carbons (Fsp3) is 0.519. The molecule has 2 aliphatic heterocycles. The highest BCUT2D eigenvalue weighted by Gasteiger charge is 2.33. The van der Waals surface area contributed by atoms with Gasteiger partial charge in [0, 0.05) is 31.7 Å². The summed E-state index contributed by atoms with van der Waals surface area (Å²) in [7, 11) is 3.79. The van der Waals surface area contributed by atoms with Gasteiger partial charge in [-0.2, -0.15) is 0 Å². The number of likely N-dealkylation sites (tertiary alicyclic amines) is 2. The Balaban J connectivity index is 1.31. The molecule has 2 aromatic heterocycles. The van der Waals surface area contributed by atoms with E-state index in [1.807, 2.05) is 30.5 Å². The number of imidazole rings is 1. The van der Waals surface area contributed by atoms with Gasteiger partial charge in [-0.25, -0.2) is 9.97 Å². The molecule has 0 aliphatic carbocycles. The molecule has 0 N–H and O–H groups in total. The molecule has 1 aromatic carbocycles. The number of rotatable bonds is 6. The molecule has 0 bridgehead atoms. The van der Waals surface area contributed by atoms with E-state index in [1.54, 1.807) is 7.11 Å². The highest BCUT2D eigenvalue weighted by Crippen LogP contribution is 2.30. The maximum atomic E-state index is 13.2. The van der Waals surface area contributed by atoms with Crippen molar-refractivity contribution in [3.63, 3.8) is 0 Å². The number of fused-ring (bicyclic) bond motifs is 1. The van der Waals surface area contributed by atoms with E-state index in [1.165, 1.54) is 12.0 Å². The van der Waals surface area contributed by atoms with Crippen LogP contribution in [0.2, 0.25) is 0 Å². The summed E-state index contributed by atoms with van der Waals surface area (Å²) in [6.07, 6.45) is 8.81. The molecule has 5 rings (SSSR count). The first-order valence-corrected chi connectivity index (χ1v) is 12.6. The van der Waals surface area contributed by atoms with Gasteiger partial charge in [0.25, 0.3) is 0 Å². The number of amides is 1. The lowest BCUT2D eigenvalue weighted by Gasteiger charge is -2.39. The molecule has 0 spiro atoms. The van der Waals surface area contributed by atoms with Gasteiger partial charge in [0.15, 0.2) is 5.65 Å². The lowest BCUT2D eigenvalue weighted by molar-refractivity contribution is -0.139. The second kappa shape index (κ2) is 10.1. The molecular formula is C27H35N5O2. The average Bonchev–Trinajstić information content (AvgIpc) is 3.26. The topological polar surface area (TPSA) is 63.5 Å². The molecule has 34 heavy (non-hydrogen) atoms. The van der Waals surface area contributed by atoms with Gasteiger partial charge in [0.05, 0.1) is 13.2 Å². The number of aromatic nitrogens is 3. The van der Waals surface area contributed by atoms with Gasteiger partial charge in [-0.15, -0.1) is 0 Å². The summed E-state index contributed by atoms with van der Waals surface area (Å²) < 4.78 is 7.74. The number of carbonyl (C=O) groups excluding carboxylic acids is 1. The van der Waals surface area contributed by atoms with E-state index >= 15 is 0 Å². The predicted octanol–water partition coefficient (Wildman–Crippen LogP) is 3.87. The van der Waals surface area contributed by atoms with Crippen molar-refractivity contribution in [1.29, 1.82) is 0 Å². The Hall–Kier alpha value is -2.93. The van der Waals surface area contributed by atoms with Crippen LogP contribution in [-0.4, -0.2) is 70.1 Å². The molecule has 1 amide bonds. The second-order valence-electron chi connectivity index (χ2n) is 9.64. The Bertz CT molecular complexity index is 1140. The van der Waals surface area contributed by atoms with Crippen molar-refractivity contribution in [3.8, 4) is 5.75 Å². The number of hydrogen-bond donors (Lipinski definition) is 0. The van der Waals surface area contributed by atoms with Crippen LogP contribution in [0.5, 0.6) is 5.75 Å². The molecule has 180 valence electrons. The van der Waals surface area contributed by atoms with Crippen molar-refractivity contribution in [3.05, 3.63) is 54.0 Å². The fourth-order valence-corrected chi connectivity index (χ4v) is 5.56. The van der Waals surface area contributed by atoms with E-state index in [4.69, 9.17) is 14.7 Å². The monoisotopic (exact) mass is 461 g/mol. The lowest BCUT2D eigenvalue weighted by atomic mass is 9.99.